The molecule has 0 saturated carbocycles. The number of benzene rings is 1. The molecule has 2 aliphatic heterocycles. The standard InChI is InChI=1S/C22H35N3O2/c1-3-11-24(4-2)21-7-5-20(6-8-21)22(26)25-14-12-23(13-15-25)18-19-9-16-27-17-10-19/h5-8,19H,3-4,9-18H2,1-2H3. The van der Waals surface area contributed by atoms with Crippen LogP contribution < -0.4 is 4.90 Å². The quantitative estimate of drug-likeness (QED) is 0.736. The number of hydrogen-bond donors (Lipinski definition) is 0. The van der Waals surface area contributed by atoms with E-state index in [0.717, 1.165) is 76.9 Å². The van der Waals surface area contributed by atoms with Gasteiger partial charge in [-0.05, 0) is 56.4 Å². The molecule has 1 aromatic carbocycles. The molecule has 0 radical (unpaired) electrons. The predicted molar refractivity (Wildman–Crippen MR) is 111 cm³/mol. The second-order valence-corrected chi connectivity index (χ2v) is 7.78. The molecule has 0 aromatic heterocycles. The van der Waals surface area contributed by atoms with Crippen LogP contribution in [-0.4, -0.2) is 74.7 Å². The molecule has 2 fully saturated rings. The number of anilines is 1. The van der Waals surface area contributed by atoms with E-state index in [9.17, 15) is 4.79 Å². The molecule has 0 spiro atoms. The fourth-order valence-electron chi connectivity index (χ4n) is 4.16. The van der Waals surface area contributed by atoms with E-state index in [1.165, 1.54) is 18.5 Å². The maximum absolute atomic E-state index is 12.9. The van der Waals surface area contributed by atoms with Crippen LogP contribution in [0.1, 0.15) is 43.5 Å². The van der Waals surface area contributed by atoms with Gasteiger partial charge in [0.1, 0.15) is 0 Å². The van der Waals surface area contributed by atoms with Crippen molar-refractivity contribution < 1.29 is 9.53 Å². The van der Waals surface area contributed by atoms with Crippen molar-refractivity contribution in [1.82, 2.24) is 9.80 Å². The first-order valence-electron chi connectivity index (χ1n) is 10.7. The number of carbonyl (C=O) groups excluding carboxylic acids is 1. The van der Waals surface area contributed by atoms with Crippen LogP contribution >= 0.6 is 0 Å². The van der Waals surface area contributed by atoms with Gasteiger partial charge in [-0.15, -0.1) is 0 Å². The summed E-state index contributed by atoms with van der Waals surface area (Å²) in [6.45, 7) is 13.0. The summed E-state index contributed by atoms with van der Waals surface area (Å²) in [5.74, 6) is 0.934. The summed E-state index contributed by atoms with van der Waals surface area (Å²) in [7, 11) is 0. The van der Waals surface area contributed by atoms with Gasteiger partial charge in [-0.1, -0.05) is 6.92 Å². The first kappa shape index (κ1) is 20.2. The van der Waals surface area contributed by atoms with Crippen LogP contribution in [0.15, 0.2) is 24.3 Å². The molecule has 2 saturated heterocycles. The lowest BCUT2D eigenvalue weighted by atomic mass is 9.99. The van der Waals surface area contributed by atoms with Crippen molar-refractivity contribution >= 4 is 11.6 Å². The Labute approximate surface area is 164 Å². The lowest BCUT2D eigenvalue weighted by Gasteiger charge is -2.37. The third kappa shape index (κ3) is 5.45. The highest BCUT2D eigenvalue weighted by atomic mass is 16.5. The molecule has 3 rings (SSSR count). The van der Waals surface area contributed by atoms with Crippen LogP contribution in [-0.2, 0) is 4.74 Å². The van der Waals surface area contributed by atoms with E-state index in [1.54, 1.807) is 0 Å². The summed E-state index contributed by atoms with van der Waals surface area (Å²) in [5.41, 5.74) is 2.02. The molecule has 5 heteroatoms. The molecule has 150 valence electrons. The minimum absolute atomic E-state index is 0.172. The molecule has 1 amide bonds. The van der Waals surface area contributed by atoms with Crippen LogP contribution in [0.25, 0.3) is 0 Å². The Morgan fingerprint density at radius 1 is 1.07 bits per heavy atom. The summed E-state index contributed by atoms with van der Waals surface area (Å²) in [4.78, 5) is 19.7. The second kappa shape index (κ2) is 10.1. The SMILES string of the molecule is CCCN(CC)c1ccc(C(=O)N2CCN(CC3CCOCC3)CC2)cc1. The molecule has 27 heavy (non-hydrogen) atoms. The lowest BCUT2D eigenvalue weighted by molar-refractivity contribution is 0.0393. The molecule has 2 heterocycles. The van der Waals surface area contributed by atoms with E-state index in [1.807, 2.05) is 17.0 Å². The van der Waals surface area contributed by atoms with Crippen molar-refractivity contribution in [2.24, 2.45) is 5.92 Å². The Morgan fingerprint density at radius 2 is 1.74 bits per heavy atom. The van der Waals surface area contributed by atoms with E-state index in [2.05, 4.69) is 35.8 Å². The Morgan fingerprint density at radius 3 is 2.33 bits per heavy atom. The minimum atomic E-state index is 0.172. The van der Waals surface area contributed by atoms with Gasteiger partial charge in [0.2, 0.25) is 0 Å². The van der Waals surface area contributed by atoms with Gasteiger partial charge in [0.05, 0.1) is 0 Å². The van der Waals surface area contributed by atoms with Gasteiger partial charge in [-0.2, -0.15) is 0 Å². The van der Waals surface area contributed by atoms with Crippen molar-refractivity contribution in [1.29, 1.82) is 0 Å². The van der Waals surface area contributed by atoms with Crippen molar-refractivity contribution in [3.8, 4) is 0 Å². The van der Waals surface area contributed by atoms with Gasteiger partial charge >= 0.3 is 0 Å². The average molecular weight is 374 g/mol. The molecule has 2 aliphatic rings. The highest BCUT2D eigenvalue weighted by Gasteiger charge is 2.24. The second-order valence-electron chi connectivity index (χ2n) is 7.78. The third-order valence-electron chi connectivity index (χ3n) is 5.87. The van der Waals surface area contributed by atoms with E-state index >= 15 is 0 Å². The topological polar surface area (TPSA) is 36.0 Å². The monoisotopic (exact) mass is 373 g/mol. The normalized spacial score (nSPS) is 19.3. The van der Waals surface area contributed by atoms with Gasteiger partial charge in [0.25, 0.3) is 5.91 Å². The first-order chi connectivity index (χ1) is 13.2. The van der Waals surface area contributed by atoms with Crippen LogP contribution in [0.2, 0.25) is 0 Å². The summed E-state index contributed by atoms with van der Waals surface area (Å²) in [6.07, 6.45) is 3.49. The number of amides is 1. The zero-order valence-electron chi connectivity index (χ0n) is 17.0. The fraction of sp³-hybridized carbons (Fsp3) is 0.682. The molecule has 0 atom stereocenters. The number of hydrogen-bond acceptors (Lipinski definition) is 4. The van der Waals surface area contributed by atoms with Gasteiger partial charge in [0.15, 0.2) is 0 Å². The van der Waals surface area contributed by atoms with Gasteiger partial charge in [-0.25, -0.2) is 0 Å². The first-order valence-corrected chi connectivity index (χ1v) is 10.7. The third-order valence-corrected chi connectivity index (χ3v) is 5.87. The number of carbonyl (C=O) groups is 1. The lowest BCUT2D eigenvalue weighted by Crippen LogP contribution is -2.50. The molecule has 0 aliphatic carbocycles. The van der Waals surface area contributed by atoms with E-state index in [4.69, 9.17) is 4.74 Å². The molecular weight excluding hydrogens is 338 g/mol. The summed E-state index contributed by atoms with van der Waals surface area (Å²) in [5, 5.41) is 0. The van der Waals surface area contributed by atoms with Crippen LogP contribution in [0.4, 0.5) is 5.69 Å². The van der Waals surface area contributed by atoms with E-state index < -0.39 is 0 Å². The van der Waals surface area contributed by atoms with Gasteiger partial charge in [0, 0.05) is 70.3 Å². The summed E-state index contributed by atoms with van der Waals surface area (Å²) < 4.78 is 5.46. The van der Waals surface area contributed by atoms with Crippen LogP contribution in [0, 0.1) is 5.92 Å². The van der Waals surface area contributed by atoms with Gasteiger partial charge < -0.3 is 14.5 Å². The smallest absolute Gasteiger partial charge is 0.253 e. The van der Waals surface area contributed by atoms with Gasteiger partial charge in [-0.3, -0.25) is 9.69 Å². The van der Waals surface area contributed by atoms with Crippen LogP contribution in [0.3, 0.4) is 0 Å². The number of ether oxygens (including phenoxy) is 1. The number of rotatable bonds is 7. The highest BCUT2D eigenvalue weighted by Crippen LogP contribution is 2.19. The van der Waals surface area contributed by atoms with Crippen molar-refractivity contribution in [2.75, 3.05) is 63.9 Å². The maximum Gasteiger partial charge on any atom is 0.253 e. The average Bonchev–Trinajstić information content (AvgIpc) is 2.73. The van der Waals surface area contributed by atoms with Crippen LogP contribution in [0.5, 0.6) is 0 Å². The Bertz CT molecular complexity index is 576. The Balaban J connectivity index is 1.49. The fourth-order valence-corrected chi connectivity index (χ4v) is 4.16. The van der Waals surface area contributed by atoms with E-state index in [0.29, 0.717) is 0 Å². The Hall–Kier alpha value is -1.59. The zero-order valence-corrected chi connectivity index (χ0v) is 17.0. The molecule has 5 nitrogen and oxygen atoms in total. The maximum atomic E-state index is 12.9. The minimum Gasteiger partial charge on any atom is -0.381 e. The summed E-state index contributed by atoms with van der Waals surface area (Å²) >= 11 is 0. The van der Waals surface area contributed by atoms with Crippen molar-refractivity contribution in [2.45, 2.75) is 33.1 Å². The zero-order chi connectivity index (χ0) is 19.1. The van der Waals surface area contributed by atoms with E-state index in [-0.39, 0.29) is 5.91 Å². The largest absolute Gasteiger partial charge is 0.381 e. The highest BCUT2D eigenvalue weighted by molar-refractivity contribution is 5.94. The predicted octanol–water partition coefficient (Wildman–Crippen LogP) is 3.11. The molecular formula is C22H35N3O2. The molecule has 0 bridgehead atoms. The number of nitrogens with zero attached hydrogens (tertiary/aromatic N) is 3. The molecule has 0 N–H and O–H groups in total. The molecule has 0 unspecified atom stereocenters. The van der Waals surface area contributed by atoms with Crippen molar-refractivity contribution in [3.63, 3.8) is 0 Å². The Kier molecular flexibility index (Phi) is 7.53. The van der Waals surface area contributed by atoms with Crippen molar-refractivity contribution in [3.05, 3.63) is 29.8 Å². The molecule has 1 aromatic rings. The summed E-state index contributed by atoms with van der Waals surface area (Å²) in [6, 6.07) is 8.16. The number of piperazine rings is 1.